The van der Waals surface area contributed by atoms with Crippen LogP contribution in [0, 0.1) is 0 Å². The third-order valence-corrected chi connectivity index (χ3v) is 7.14. The fourth-order valence-corrected chi connectivity index (χ4v) is 5.34. The summed E-state index contributed by atoms with van der Waals surface area (Å²) in [5.41, 5.74) is 6.30. The predicted molar refractivity (Wildman–Crippen MR) is 175 cm³/mol. The van der Waals surface area contributed by atoms with Gasteiger partial charge in [0.05, 0.1) is 12.1 Å². The smallest absolute Gasteiger partial charge is 0.550 e. The van der Waals surface area contributed by atoms with Crippen molar-refractivity contribution < 1.29 is 46.8 Å². The zero-order valence-electron chi connectivity index (χ0n) is 27.9. The molecule has 8 nitrogen and oxygen atoms in total. The van der Waals surface area contributed by atoms with Gasteiger partial charge >= 0.3 is 16.8 Å². The largest absolute Gasteiger partial charge is 2.00 e. The molecule has 251 valence electrons. The minimum Gasteiger partial charge on any atom is -0.550 e. The zero-order valence-corrected chi connectivity index (χ0v) is 28.9. The molecule has 1 aliphatic rings. The Balaban J connectivity index is 0.00000192. The van der Waals surface area contributed by atoms with Crippen LogP contribution in [0.2, 0.25) is 0 Å². The molecule has 1 fully saturated rings. The van der Waals surface area contributed by atoms with Crippen molar-refractivity contribution in [3.8, 4) is 11.5 Å². The van der Waals surface area contributed by atoms with Crippen molar-refractivity contribution in [2.24, 2.45) is 9.98 Å². The van der Waals surface area contributed by atoms with E-state index >= 15 is 0 Å². The van der Waals surface area contributed by atoms with Gasteiger partial charge in [-0.05, 0) is 99.6 Å². The number of aliphatic imine (C=N–C) groups is 2. The van der Waals surface area contributed by atoms with Crippen molar-refractivity contribution in [2.45, 2.75) is 131 Å². The molecule has 3 rings (SSSR count). The van der Waals surface area contributed by atoms with Crippen LogP contribution >= 0.6 is 0 Å². The van der Waals surface area contributed by atoms with Crippen LogP contribution in [0.3, 0.4) is 0 Å². The summed E-state index contributed by atoms with van der Waals surface area (Å²) in [7, 11) is 0. The number of aryl methyl sites for hydroxylation is 4. The number of rotatable bonds is 12. The molecule has 9 heteroatoms. The fourth-order valence-electron chi connectivity index (χ4n) is 5.34. The molecule has 0 amide bonds. The van der Waals surface area contributed by atoms with Gasteiger partial charge in [-0.25, -0.2) is 0 Å². The average molecular weight is 668 g/mol. The molecule has 1 radical (unpaired) electrons. The van der Waals surface area contributed by atoms with Gasteiger partial charge < -0.3 is 30.0 Å². The van der Waals surface area contributed by atoms with E-state index in [-0.39, 0.29) is 28.9 Å². The number of nitrogens with zero attached hydrogens (tertiary/aromatic N) is 2. The maximum Gasteiger partial charge on any atom is 2.00 e. The van der Waals surface area contributed by atoms with E-state index in [0.29, 0.717) is 11.5 Å². The molecule has 0 heterocycles. The first kappa shape index (κ1) is 41.8. The fraction of sp³-hybridized carbons (Fsp3) is 0.556. The topological polar surface area (TPSA) is 145 Å². The SMILES string of the molecule is CC(=O)[O-].CC(=O)[O-].CCCc1cc(C=NC2CCCC(N=Cc3cc(CCC)cc(CCC)c3O)C2)c(O)c(CCC)c1.[Co+2]. The van der Waals surface area contributed by atoms with E-state index < -0.39 is 11.9 Å². The van der Waals surface area contributed by atoms with E-state index in [4.69, 9.17) is 29.8 Å². The van der Waals surface area contributed by atoms with E-state index in [9.17, 15) is 10.2 Å². The van der Waals surface area contributed by atoms with Gasteiger partial charge in [-0.15, -0.1) is 0 Å². The van der Waals surface area contributed by atoms with Crippen LogP contribution in [-0.4, -0.2) is 46.7 Å². The van der Waals surface area contributed by atoms with Crippen LogP contribution in [0.4, 0.5) is 0 Å². The van der Waals surface area contributed by atoms with Crippen molar-refractivity contribution in [1.82, 2.24) is 0 Å². The van der Waals surface area contributed by atoms with Crippen LogP contribution in [-0.2, 0) is 52.1 Å². The summed E-state index contributed by atoms with van der Waals surface area (Å²) >= 11 is 0. The molecule has 45 heavy (non-hydrogen) atoms. The molecule has 0 aliphatic heterocycles. The molecule has 0 saturated heterocycles. The number of phenols is 2. The Morgan fingerprint density at radius 1 is 0.711 bits per heavy atom. The number of benzene rings is 2. The molecule has 2 unspecified atom stereocenters. The second-order valence-electron chi connectivity index (χ2n) is 11.4. The first-order valence-electron chi connectivity index (χ1n) is 16.1. The normalized spacial score (nSPS) is 15.9. The van der Waals surface area contributed by atoms with Gasteiger partial charge in [-0.2, -0.15) is 0 Å². The standard InChI is InChI=1S/C32H46N2O2.2C2H4O2.Co/c1-5-10-23-16-25(12-7-3)31(35)27(18-23)21-33-29-14-9-15-30(20-29)34-22-28-19-24(11-6-2)17-26(13-8-4)32(28)36;2*1-2(3)4;/h16-19,21-22,29-30,35-36H,5-15,20H2,1-4H3;2*1H3,(H,3,4);/q;;;+2/p-2. The summed E-state index contributed by atoms with van der Waals surface area (Å²) in [5.74, 6) is -1.40. The van der Waals surface area contributed by atoms with E-state index in [2.05, 4.69) is 52.0 Å². The second-order valence-corrected chi connectivity index (χ2v) is 11.4. The third-order valence-electron chi connectivity index (χ3n) is 7.14. The van der Waals surface area contributed by atoms with Gasteiger partial charge in [0.1, 0.15) is 11.5 Å². The quantitative estimate of drug-likeness (QED) is 0.295. The maximum atomic E-state index is 10.8. The Morgan fingerprint density at radius 2 is 1.04 bits per heavy atom. The van der Waals surface area contributed by atoms with E-state index in [1.165, 1.54) is 11.1 Å². The summed E-state index contributed by atoms with van der Waals surface area (Å²) in [4.78, 5) is 27.6. The predicted octanol–water partition coefficient (Wildman–Crippen LogP) is 5.27. The Morgan fingerprint density at radius 3 is 1.36 bits per heavy atom. The number of aliphatic carboxylic acids is 2. The first-order valence-corrected chi connectivity index (χ1v) is 16.1. The van der Waals surface area contributed by atoms with Gasteiger partial charge in [0.25, 0.3) is 0 Å². The van der Waals surface area contributed by atoms with Gasteiger partial charge in [0, 0.05) is 35.5 Å². The molecule has 0 bridgehead atoms. The van der Waals surface area contributed by atoms with Crippen molar-refractivity contribution in [2.75, 3.05) is 0 Å². The molecule has 2 N–H and O–H groups in total. The minimum absolute atomic E-state index is 0. The molecular weight excluding hydrogens is 615 g/mol. The average Bonchev–Trinajstić information content (AvgIpc) is 2.95. The van der Waals surface area contributed by atoms with Crippen molar-refractivity contribution >= 4 is 24.4 Å². The van der Waals surface area contributed by atoms with Crippen molar-refractivity contribution in [1.29, 1.82) is 0 Å². The van der Waals surface area contributed by atoms with E-state index in [1.54, 1.807) is 0 Å². The zero-order chi connectivity index (χ0) is 33.1. The van der Waals surface area contributed by atoms with Crippen LogP contribution < -0.4 is 10.2 Å². The molecule has 1 saturated carbocycles. The number of phenolic OH excluding ortho intramolecular Hbond substituents is 2. The number of hydrogen-bond acceptors (Lipinski definition) is 8. The third kappa shape index (κ3) is 16.6. The maximum absolute atomic E-state index is 10.8. The number of carbonyl (C=O) groups excluding carboxylic acids is 2. The number of carboxylic acid groups (broad SMARTS) is 2. The number of aromatic hydroxyl groups is 2. The Kier molecular flexibility index (Phi) is 21.6. The van der Waals surface area contributed by atoms with Crippen LogP contribution in [0.25, 0.3) is 0 Å². The molecule has 0 aromatic heterocycles. The van der Waals surface area contributed by atoms with E-state index in [1.807, 2.05) is 12.4 Å². The number of carboxylic acids is 2. The molecular formula is C36H52CoN2O6. The summed E-state index contributed by atoms with van der Waals surface area (Å²) in [5, 5.41) is 39.4. The summed E-state index contributed by atoms with van der Waals surface area (Å²) < 4.78 is 0. The van der Waals surface area contributed by atoms with Crippen molar-refractivity contribution in [3.05, 3.63) is 57.6 Å². The Hall–Kier alpha value is -3.17. The molecule has 2 aromatic carbocycles. The second kappa shape index (κ2) is 23.2. The number of hydrogen-bond donors (Lipinski definition) is 2. The van der Waals surface area contributed by atoms with Gasteiger partial charge in [0.15, 0.2) is 0 Å². The van der Waals surface area contributed by atoms with Crippen LogP contribution in [0.5, 0.6) is 11.5 Å². The Bertz CT molecular complexity index is 1140. The molecule has 1 aliphatic carbocycles. The van der Waals surface area contributed by atoms with Gasteiger partial charge in [0.2, 0.25) is 0 Å². The van der Waals surface area contributed by atoms with Gasteiger partial charge in [-0.1, -0.05) is 65.5 Å². The molecule has 2 atom stereocenters. The first-order chi connectivity index (χ1) is 20.9. The van der Waals surface area contributed by atoms with E-state index in [0.717, 1.165) is 113 Å². The van der Waals surface area contributed by atoms with Crippen molar-refractivity contribution in [3.63, 3.8) is 0 Å². The monoisotopic (exact) mass is 667 g/mol. The summed E-state index contributed by atoms with van der Waals surface area (Å²) in [6.07, 6.45) is 15.9. The van der Waals surface area contributed by atoms with Gasteiger partial charge in [-0.3, -0.25) is 9.98 Å². The summed E-state index contributed by atoms with van der Waals surface area (Å²) in [6, 6.07) is 8.92. The summed E-state index contributed by atoms with van der Waals surface area (Å²) in [6.45, 7) is 10.6. The number of carbonyl (C=O) groups is 2. The molecule has 0 spiro atoms. The van der Waals surface area contributed by atoms with Crippen LogP contribution in [0.1, 0.15) is 126 Å². The molecule has 2 aromatic rings. The van der Waals surface area contributed by atoms with Crippen LogP contribution in [0.15, 0.2) is 34.3 Å². The Labute approximate surface area is 280 Å². The minimum atomic E-state index is -1.08.